The molecular formula is C26H32O8. The number of furan rings is 1. The monoisotopic (exact) mass is 472 g/mol. The molecule has 0 radical (unpaired) electrons. The summed E-state index contributed by atoms with van der Waals surface area (Å²) < 4.78 is 27.2. The average molecular weight is 473 g/mol. The first-order valence-electron chi connectivity index (χ1n) is 11.8. The number of hydrogen-bond donors (Lipinski definition) is 0. The molecule has 1 saturated carbocycles. The second kappa shape index (κ2) is 11.2. The van der Waals surface area contributed by atoms with Gasteiger partial charge in [-0.3, -0.25) is 4.79 Å². The highest BCUT2D eigenvalue weighted by Gasteiger charge is 2.66. The van der Waals surface area contributed by atoms with E-state index >= 15 is 0 Å². The van der Waals surface area contributed by atoms with Gasteiger partial charge < -0.3 is 23.4 Å². The maximum absolute atomic E-state index is 13.4. The number of carbonyl (C=O) groups excluding carboxylic acids is 3. The van der Waals surface area contributed by atoms with E-state index in [0.717, 1.165) is 12.0 Å². The molecule has 0 spiro atoms. The lowest BCUT2D eigenvalue weighted by atomic mass is 9.89. The molecule has 3 rings (SSSR count). The Balaban J connectivity index is 2.11. The van der Waals surface area contributed by atoms with Crippen LogP contribution in [-0.4, -0.2) is 44.3 Å². The Labute approximate surface area is 199 Å². The van der Waals surface area contributed by atoms with E-state index in [1.165, 1.54) is 0 Å². The van der Waals surface area contributed by atoms with E-state index in [1.807, 2.05) is 30.3 Å². The molecule has 2 atom stereocenters. The quantitative estimate of drug-likeness (QED) is 0.329. The number of aryl methyl sites for hydroxylation is 1. The number of rotatable bonds is 12. The minimum absolute atomic E-state index is 0.0520. The van der Waals surface area contributed by atoms with Gasteiger partial charge in [-0.25, -0.2) is 9.59 Å². The molecule has 184 valence electrons. The first-order valence-corrected chi connectivity index (χ1v) is 11.8. The second-order valence-electron chi connectivity index (χ2n) is 7.96. The van der Waals surface area contributed by atoms with Gasteiger partial charge in [0.05, 0.1) is 32.0 Å². The second-order valence-corrected chi connectivity index (χ2v) is 7.96. The van der Waals surface area contributed by atoms with Gasteiger partial charge in [0.1, 0.15) is 11.0 Å². The number of benzene rings is 1. The molecule has 0 unspecified atom stereocenters. The van der Waals surface area contributed by atoms with Gasteiger partial charge in [0.2, 0.25) is 5.76 Å². The fourth-order valence-corrected chi connectivity index (χ4v) is 4.37. The topological polar surface area (TPSA) is 101 Å². The van der Waals surface area contributed by atoms with Crippen LogP contribution >= 0.6 is 0 Å². The van der Waals surface area contributed by atoms with Crippen LogP contribution in [0.4, 0.5) is 0 Å². The van der Waals surface area contributed by atoms with Crippen LogP contribution in [0.15, 0.2) is 34.7 Å². The van der Waals surface area contributed by atoms with Crippen LogP contribution in [0.5, 0.6) is 5.95 Å². The SMILES string of the molecule is CCOC(=O)c1oc(OCC)c([C@@]2(C(=O)OCC)C[C@@H]2CCc2ccccc2)c1C(=O)OCC. The van der Waals surface area contributed by atoms with Crippen LogP contribution in [0, 0.1) is 5.92 Å². The molecule has 0 saturated heterocycles. The van der Waals surface area contributed by atoms with Crippen LogP contribution in [0.1, 0.15) is 72.6 Å². The molecule has 1 heterocycles. The summed E-state index contributed by atoms with van der Waals surface area (Å²) in [5.41, 5.74) is 0.0552. The Morgan fingerprint density at radius 3 is 2.18 bits per heavy atom. The highest BCUT2D eigenvalue weighted by molar-refractivity contribution is 6.05. The van der Waals surface area contributed by atoms with Gasteiger partial charge in [-0.05, 0) is 58.4 Å². The summed E-state index contributed by atoms with van der Waals surface area (Å²) in [6.07, 6.45) is 1.86. The number of esters is 3. The first kappa shape index (κ1) is 25.3. The van der Waals surface area contributed by atoms with Crippen LogP contribution in [0.25, 0.3) is 0 Å². The predicted octanol–water partition coefficient (Wildman–Crippen LogP) is 4.49. The van der Waals surface area contributed by atoms with Gasteiger partial charge in [0, 0.05) is 0 Å². The minimum atomic E-state index is -1.17. The zero-order chi connectivity index (χ0) is 24.7. The van der Waals surface area contributed by atoms with Crippen LogP contribution in [-0.2, 0) is 30.8 Å². The zero-order valence-electron chi connectivity index (χ0n) is 20.2. The lowest BCUT2D eigenvalue weighted by molar-refractivity contribution is -0.146. The van der Waals surface area contributed by atoms with E-state index in [2.05, 4.69) is 0 Å². The van der Waals surface area contributed by atoms with Crippen LogP contribution in [0.2, 0.25) is 0 Å². The standard InChI is InChI=1S/C26H32O8/c1-5-30-22(27)19-20(24(32-7-3)34-21(19)23(28)31-6-2)26(25(29)33-8-4)16-18(26)15-14-17-12-10-9-11-13-17/h9-13,18H,5-8,14-16H2,1-4H3/t18-,26+/m0/s1. The zero-order valence-corrected chi connectivity index (χ0v) is 20.2. The largest absolute Gasteiger partial charge is 0.465 e. The van der Waals surface area contributed by atoms with Crippen molar-refractivity contribution in [1.29, 1.82) is 0 Å². The third-order valence-electron chi connectivity index (χ3n) is 5.91. The predicted molar refractivity (Wildman–Crippen MR) is 123 cm³/mol. The molecule has 0 aliphatic heterocycles. The molecule has 2 aromatic rings. The molecule has 1 aromatic carbocycles. The molecule has 0 amide bonds. The summed E-state index contributed by atoms with van der Waals surface area (Å²) in [6.45, 7) is 7.33. The smallest absolute Gasteiger partial charge is 0.375 e. The van der Waals surface area contributed by atoms with Gasteiger partial charge in [-0.1, -0.05) is 30.3 Å². The van der Waals surface area contributed by atoms with Gasteiger partial charge >= 0.3 is 17.9 Å². The molecular weight excluding hydrogens is 440 g/mol. The summed E-state index contributed by atoms with van der Waals surface area (Å²) in [7, 11) is 0. The van der Waals surface area contributed by atoms with Crippen molar-refractivity contribution in [2.75, 3.05) is 26.4 Å². The molecule has 34 heavy (non-hydrogen) atoms. The molecule has 0 bridgehead atoms. The van der Waals surface area contributed by atoms with Crippen molar-refractivity contribution in [3.8, 4) is 5.95 Å². The van der Waals surface area contributed by atoms with Crippen molar-refractivity contribution >= 4 is 17.9 Å². The van der Waals surface area contributed by atoms with Gasteiger partial charge in [-0.2, -0.15) is 0 Å². The van der Waals surface area contributed by atoms with Crippen LogP contribution < -0.4 is 4.74 Å². The fourth-order valence-electron chi connectivity index (χ4n) is 4.37. The Hall–Kier alpha value is -3.29. The first-order chi connectivity index (χ1) is 16.4. The molecule has 1 aliphatic carbocycles. The Morgan fingerprint density at radius 2 is 1.56 bits per heavy atom. The molecule has 8 heteroatoms. The average Bonchev–Trinajstić information content (AvgIpc) is 3.43. The van der Waals surface area contributed by atoms with E-state index < -0.39 is 23.3 Å². The highest BCUT2D eigenvalue weighted by atomic mass is 16.6. The Morgan fingerprint density at radius 1 is 0.912 bits per heavy atom. The number of hydrogen-bond acceptors (Lipinski definition) is 8. The van der Waals surface area contributed by atoms with Crippen molar-refractivity contribution in [2.24, 2.45) is 5.92 Å². The molecule has 1 aromatic heterocycles. The maximum atomic E-state index is 13.4. The summed E-state index contributed by atoms with van der Waals surface area (Å²) in [5.74, 6) is -2.58. The van der Waals surface area contributed by atoms with Crippen molar-refractivity contribution < 1.29 is 37.7 Å². The van der Waals surface area contributed by atoms with Crippen LogP contribution in [0.3, 0.4) is 0 Å². The number of carbonyl (C=O) groups is 3. The van der Waals surface area contributed by atoms with E-state index in [-0.39, 0.29) is 55.2 Å². The van der Waals surface area contributed by atoms with Gasteiger partial charge in [0.25, 0.3) is 5.95 Å². The van der Waals surface area contributed by atoms with Crippen molar-refractivity contribution in [1.82, 2.24) is 0 Å². The summed E-state index contributed by atoms with van der Waals surface area (Å²) in [4.78, 5) is 39.1. The lowest BCUT2D eigenvalue weighted by Gasteiger charge is -2.18. The number of ether oxygens (including phenoxy) is 4. The molecule has 1 fully saturated rings. The normalized spacial score (nSPS) is 18.8. The van der Waals surface area contributed by atoms with Crippen molar-refractivity contribution in [3.05, 3.63) is 52.8 Å². The maximum Gasteiger partial charge on any atom is 0.375 e. The Bertz CT molecular complexity index is 1010. The summed E-state index contributed by atoms with van der Waals surface area (Å²) in [6, 6.07) is 9.94. The van der Waals surface area contributed by atoms with Gasteiger partial charge in [0.15, 0.2) is 0 Å². The van der Waals surface area contributed by atoms with E-state index in [0.29, 0.717) is 12.8 Å². The molecule has 0 N–H and O–H groups in total. The lowest BCUT2D eigenvalue weighted by Crippen LogP contribution is -2.29. The van der Waals surface area contributed by atoms with Crippen molar-refractivity contribution in [3.63, 3.8) is 0 Å². The summed E-state index contributed by atoms with van der Waals surface area (Å²) >= 11 is 0. The van der Waals surface area contributed by atoms with E-state index in [1.54, 1.807) is 27.7 Å². The molecule has 1 aliphatic rings. The molecule has 8 nitrogen and oxygen atoms in total. The summed E-state index contributed by atoms with van der Waals surface area (Å²) in [5, 5.41) is 0. The third-order valence-corrected chi connectivity index (χ3v) is 5.91. The minimum Gasteiger partial charge on any atom is -0.465 e. The fraction of sp³-hybridized carbons (Fsp3) is 0.500. The van der Waals surface area contributed by atoms with Gasteiger partial charge in [-0.15, -0.1) is 0 Å². The van der Waals surface area contributed by atoms with E-state index in [4.69, 9.17) is 23.4 Å². The highest BCUT2D eigenvalue weighted by Crippen LogP contribution is 2.61. The Kier molecular flexibility index (Phi) is 8.36. The third kappa shape index (κ3) is 4.95. The van der Waals surface area contributed by atoms with Crippen molar-refractivity contribution in [2.45, 2.75) is 52.4 Å². The van der Waals surface area contributed by atoms with E-state index in [9.17, 15) is 14.4 Å².